The van der Waals surface area contributed by atoms with Crippen molar-refractivity contribution in [1.29, 1.82) is 0 Å². The van der Waals surface area contributed by atoms with Gasteiger partial charge >= 0.3 is 138 Å². The van der Waals surface area contributed by atoms with E-state index in [-0.39, 0.29) is 138 Å². The molecule has 4 heteroatoms. The van der Waals surface area contributed by atoms with E-state index in [9.17, 15) is 0 Å². The molecule has 0 fully saturated rings. The second-order valence-electron chi connectivity index (χ2n) is 0. The van der Waals surface area contributed by atoms with Gasteiger partial charge in [-0.2, -0.15) is 0 Å². The van der Waals surface area contributed by atoms with Crippen LogP contribution in [0.25, 0.3) is 0 Å². The molecular weight excluding hydrogens is 330 g/mol. The first-order chi connectivity index (χ1) is 1.00. The minimum Gasteiger partial charge on any atom is -1.00 e. The van der Waals surface area contributed by atoms with Gasteiger partial charge in [-0.3, -0.25) is 0 Å². The van der Waals surface area contributed by atoms with Crippen LogP contribution in [0.15, 0.2) is 0 Å². The molecule has 0 aromatic carbocycles. The Bertz CT molecular complexity index is 4.00. The van der Waals surface area contributed by atoms with Gasteiger partial charge in [-0.15, -0.1) is 0 Å². The first-order valence-electron chi connectivity index (χ1n) is 0.167. The fraction of sp³-hybridized carbons (Fsp3) is 0. The van der Waals surface area contributed by atoms with Gasteiger partial charge in [0.25, 0.3) is 0 Å². The van der Waals surface area contributed by atoms with Crippen molar-refractivity contribution >= 4 is 23.3 Å². The van der Waals surface area contributed by atoms with Crippen LogP contribution in [0, 0.1) is 0 Å². The summed E-state index contributed by atoms with van der Waals surface area (Å²) in [5.74, 6) is 0. The van der Waals surface area contributed by atoms with E-state index in [0.29, 0.717) is 0 Å². The smallest absolute Gasteiger partial charge is 1.00 e. The molecule has 0 spiro atoms. The van der Waals surface area contributed by atoms with Gasteiger partial charge in [0.2, 0.25) is 0 Å². The van der Waals surface area contributed by atoms with E-state index in [4.69, 9.17) is 0 Å². The van der Waals surface area contributed by atoms with Crippen LogP contribution in [0.1, 0.15) is 0 Å². The third-order valence-electron chi connectivity index (χ3n) is 0. The minimum atomic E-state index is 0. The Morgan fingerprint density at radius 3 is 0.750 bits per heavy atom. The topological polar surface area (TPSA) is 0 Å². The van der Waals surface area contributed by atoms with Gasteiger partial charge < -0.3 is 23.3 Å². The summed E-state index contributed by atoms with van der Waals surface area (Å²) in [6, 6.07) is 0. The fourth-order valence-corrected chi connectivity index (χ4v) is 0. The predicted octanol–water partition coefficient (Wildman–Crippen LogP) is -6.00. The molecule has 0 unspecified atom stereocenters. The van der Waals surface area contributed by atoms with Crippen molar-refractivity contribution in [2.24, 2.45) is 0 Å². The quantitative estimate of drug-likeness (QED) is 0.321. The average Bonchev–Trinajstić information content (AvgIpc) is 1.00. The van der Waals surface area contributed by atoms with Crippen molar-refractivity contribution in [3.8, 4) is 0 Å². The Kier molecular flexibility index (Phi) is 62.3. The Morgan fingerprint density at radius 2 is 0.750 bits per heavy atom. The molecular formula is Cs2S2. The van der Waals surface area contributed by atoms with E-state index in [2.05, 4.69) is 23.3 Å². The zero-order valence-electron chi connectivity index (χ0n) is 2.82. The molecule has 0 N–H and O–H groups in total. The predicted molar refractivity (Wildman–Crippen MR) is 14.7 cm³/mol. The Morgan fingerprint density at radius 1 is 0.750 bits per heavy atom. The van der Waals surface area contributed by atoms with Crippen LogP contribution in [0.5, 0.6) is 0 Å². The molecule has 0 saturated carbocycles. The van der Waals surface area contributed by atoms with E-state index < -0.39 is 0 Å². The third kappa shape index (κ3) is 9.93. The second-order valence-corrected chi connectivity index (χ2v) is 0. The Labute approximate surface area is 155 Å². The van der Waals surface area contributed by atoms with E-state index in [1.54, 1.807) is 0 Å². The standard InChI is InChI=1S/2Cs.S2/c;;1-2/q2*+1;-2. The van der Waals surface area contributed by atoms with Crippen LogP contribution in [-0.2, 0) is 23.3 Å². The monoisotopic (exact) mass is 330 g/mol. The van der Waals surface area contributed by atoms with Crippen LogP contribution in [0.4, 0.5) is 0 Å². The van der Waals surface area contributed by atoms with Gasteiger partial charge in [0.05, 0.1) is 0 Å². The van der Waals surface area contributed by atoms with Crippen molar-refractivity contribution in [3.63, 3.8) is 0 Å². The fourth-order valence-electron chi connectivity index (χ4n) is 0. The first kappa shape index (κ1) is 15.9. The van der Waals surface area contributed by atoms with Crippen molar-refractivity contribution in [2.45, 2.75) is 0 Å². The van der Waals surface area contributed by atoms with Crippen LogP contribution in [0.2, 0.25) is 0 Å². The third-order valence-corrected chi connectivity index (χ3v) is 0. The van der Waals surface area contributed by atoms with Crippen molar-refractivity contribution in [3.05, 3.63) is 0 Å². The zero-order valence-corrected chi connectivity index (χ0v) is 17.0. The van der Waals surface area contributed by atoms with Crippen LogP contribution in [-0.4, -0.2) is 0 Å². The minimum absolute atomic E-state index is 0. The molecule has 0 heterocycles. The summed E-state index contributed by atoms with van der Waals surface area (Å²) in [4.78, 5) is 0. The molecule has 0 aliphatic rings. The van der Waals surface area contributed by atoms with Gasteiger partial charge in [0, 0.05) is 0 Å². The average molecular weight is 330 g/mol. The summed E-state index contributed by atoms with van der Waals surface area (Å²) in [5, 5.41) is 0. The molecule has 0 rings (SSSR count). The summed E-state index contributed by atoms with van der Waals surface area (Å²) < 4.78 is 0. The van der Waals surface area contributed by atoms with E-state index in [1.165, 1.54) is 0 Å². The Balaban J connectivity index is -0.00000000500. The van der Waals surface area contributed by atoms with Gasteiger partial charge in [-0.05, 0) is 0 Å². The summed E-state index contributed by atoms with van der Waals surface area (Å²) in [6.45, 7) is 0. The molecule has 4 heavy (non-hydrogen) atoms. The summed E-state index contributed by atoms with van der Waals surface area (Å²) >= 11 is 7.33. The van der Waals surface area contributed by atoms with Crippen molar-refractivity contribution < 1.29 is 138 Å². The molecule has 0 aromatic rings. The molecule has 0 radical (unpaired) electrons. The van der Waals surface area contributed by atoms with Gasteiger partial charge in [0.1, 0.15) is 0 Å². The normalized spacial score (nSPS) is 1.50. The molecule has 0 amide bonds. The van der Waals surface area contributed by atoms with Crippen LogP contribution < -0.4 is 138 Å². The van der Waals surface area contributed by atoms with Crippen molar-refractivity contribution in [2.75, 3.05) is 0 Å². The van der Waals surface area contributed by atoms with E-state index in [0.717, 1.165) is 0 Å². The number of hydrogen-bond acceptors (Lipinski definition) is 2. The first-order valence-corrected chi connectivity index (χ1v) is 1.50. The molecule has 0 bridgehead atoms. The molecule has 14 valence electrons. The van der Waals surface area contributed by atoms with E-state index >= 15 is 0 Å². The maximum absolute atomic E-state index is 3.67. The van der Waals surface area contributed by atoms with Gasteiger partial charge in [0.15, 0.2) is 0 Å². The molecule has 0 aromatic heterocycles. The van der Waals surface area contributed by atoms with Crippen LogP contribution in [0.3, 0.4) is 0 Å². The van der Waals surface area contributed by atoms with E-state index in [1.807, 2.05) is 0 Å². The molecule has 0 atom stereocenters. The number of hydrogen-bond donors (Lipinski definition) is 0. The zero-order chi connectivity index (χ0) is 2.00. The maximum atomic E-state index is 3.67. The van der Waals surface area contributed by atoms with Crippen LogP contribution >= 0.6 is 0 Å². The second kappa shape index (κ2) is 15.7. The SMILES string of the molecule is [Cs+].[Cs+].[S-][S-]. The molecule has 0 saturated heterocycles. The number of rotatable bonds is 0. The maximum Gasteiger partial charge on any atom is 1.00 e. The Hall–Kier alpha value is 4.80. The summed E-state index contributed by atoms with van der Waals surface area (Å²) in [6.07, 6.45) is 0. The van der Waals surface area contributed by atoms with Gasteiger partial charge in [-0.25, -0.2) is 0 Å². The molecule has 0 nitrogen and oxygen atoms in total. The van der Waals surface area contributed by atoms with Crippen molar-refractivity contribution in [1.82, 2.24) is 0 Å². The summed E-state index contributed by atoms with van der Waals surface area (Å²) in [5.41, 5.74) is 0. The molecule has 0 aliphatic carbocycles. The largest absolute Gasteiger partial charge is 1.00 e. The molecule has 0 aliphatic heterocycles. The summed E-state index contributed by atoms with van der Waals surface area (Å²) in [7, 11) is 0. The van der Waals surface area contributed by atoms with Gasteiger partial charge in [-0.1, -0.05) is 0 Å².